The Morgan fingerprint density at radius 1 is 1.22 bits per heavy atom. The minimum Gasteiger partial charge on any atom is -0.387 e. The van der Waals surface area contributed by atoms with Crippen LogP contribution in [0.25, 0.3) is 5.70 Å². The van der Waals surface area contributed by atoms with E-state index in [0.29, 0.717) is 18.0 Å². The van der Waals surface area contributed by atoms with Crippen molar-refractivity contribution < 1.29 is 8.42 Å². The number of anilines is 2. The first-order valence-corrected chi connectivity index (χ1v) is 12.8. The zero-order valence-electron chi connectivity index (χ0n) is 18.6. The molecule has 1 N–H and O–H groups in total. The molecule has 0 saturated carbocycles. The Morgan fingerprint density at radius 2 is 1.97 bits per heavy atom. The van der Waals surface area contributed by atoms with Gasteiger partial charge in [0.05, 0.1) is 23.3 Å². The number of fused-ring (bicyclic) bond motifs is 1. The number of aromatic nitrogens is 2. The molecule has 1 aromatic carbocycles. The number of thioether (sulfide) groups is 1. The first kappa shape index (κ1) is 22.6. The summed E-state index contributed by atoms with van der Waals surface area (Å²) in [5.74, 6) is 0.831. The minimum atomic E-state index is -3.51. The number of hydrogen-bond donors (Lipinski definition) is 1. The molecule has 8 nitrogen and oxygen atoms in total. The van der Waals surface area contributed by atoms with E-state index in [-0.39, 0.29) is 0 Å². The summed E-state index contributed by atoms with van der Waals surface area (Å²) in [6.07, 6.45) is 8.28. The van der Waals surface area contributed by atoms with Crippen molar-refractivity contribution >= 4 is 45.3 Å². The summed E-state index contributed by atoms with van der Waals surface area (Å²) in [6, 6.07) is 5.22. The Bertz CT molecular complexity index is 1190. The maximum atomic E-state index is 13.1. The van der Waals surface area contributed by atoms with Gasteiger partial charge in [0.25, 0.3) is 0 Å². The number of rotatable bonds is 6. The summed E-state index contributed by atoms with van der Waals surface area (Å²) < 4.78 is 29.8. The van der Waals surface area contributed by atoms with Crippen LogP contribution < -0.4 is 10.2 Å². The van der Waals surface area contributed by atoms with E-state index in [1.54, 1.807) is 29.1 Å². The topological polar surface area (TPSA) is 82.8 Å². The number of aryl methyl sites for hydroxylation is 1. The fourth-order valence-electron chi connectivity index (χ4n) is 3.87. The molecule has 1 aromatic heterocycles. The van der Waals surface area contributed by atoms with Gasteiger partial charge < -0.3 is 14.8 Å². The Balaban J connectivity index is 1.62. The van der Waals surface area contributed by atoms with Gasteiger partial charge in [0.1, 0.15) is 5.69 Å². The molecule has 0 spiro atoms. The molecule has 0 radical (unpaired) electrons. The van der Waals surface area contributed by atoms with Gasteiger partial charge in [0, 0.05) is 49.7 Å². The second-order valence-corrected chi connectivity index (χ2v) is 11.0. The van der Waals surface area contributed by atoms with Crippen molar-refractivity contribution in [3.05, 3.63) is 47.8 Å². The molecule has 4 rings (SSSR count). The highest BCUT2D eigenvalue weighted by molar-refractivity contribution is 8.03. The van der Waals surface area contributed by atoms with Gasteiger partial charge in [-0.3, -0.25) is 0 Å². The summed E-state index contributed by atoms with van der Waals surface area (Å²) in [7, 11) is 2.15. The quantitative estimate of drug-likeness (QED) is 0.645. The van der Waals surface area contributed by atoms with Crippen LogP contribution in [-0.4, -0.2) is 55.8 Å². The van der Waals surface area contributed by atoms with Gasteiger partial charge >= 0.3 is 0 Å². The normalized spacial score (nSPS) is 18.1. The second-order valence-electron chi connectivity index (χ2n) is 7.85. The Hall–Kier alpha value is -2.56. The van der Waals surface area contributed by atoms with Gasteiger partial charge in [-0.25, -0.2) is 18.4 Å². The molecule has 2 aromatic rings. The zero-order chi connectivity index (χ0) is 22.9. The Morgan fingerprint density at radius 3 is 2.69 bits per heavy atom. The standard InChI is InChI=1S/C22H28N6O2S2/c1-16(12-19-21-22(25-15-26(21)3)27(4)14-24-19)31-20-13-17(8-9-18(20)23-2)32(29,30)28-10-6-5-7-11-28/h8-9,12-15,23H,1,5-7,10-11H2,2-4H3/b19-12-. The highest BCUT2D eigenvalue weighted by Gasteiger charge is 2.27. The van der Waals surface area contributed by atoms with Crippen molar-refractivity contribution in [1.29, 1.82) is 0 Å². The van der Waals surface area contributed by atoms with Crippen LogP contribution in [0, 0.1) is 0 Å². The molecule has 2 aliphatic heterocycles. The van der Waals surface area contributed by atoms with E-state index in [2.05, 4.69) is 21.9 Å². The first-order chi connectivity index (χ1) is 15.3. The molecule has 0 bridgehead atoms. The molecule has 1 saturated heterocycles. The van der Waals surface area contributed by atoms with Gasteiger partial charge in [0.15, 0.2) is 5.82 Å². The lowest BCUT2D eigenvalue weighted by Gasteiger charge is -2.26. The van der Waals surface area contributed by atoms with E-state index in [9.17, 15) is 8.42 Å². The van der Waals surface area contributed by atoms with Crippen molar-refractivity contribution in [2.24, 2.45) is 12.0 Å². The summed E-state index contributed by atoms with van der Waals surface area (Å²) in [5, 5.41) is 3.15. The molecule has 0 aliphatic carbocycles. The first-order valence-electron chi connectivity index (χ1n) is 10.5. The number of nitrogens with zero attached hydrogens (tertiary/aromatic N) is 5. The van der Waals surface area contributed by atoms with Gasteiger partial charge in [-0.2, -0.15) is 4.31 Å². The number of nitrogens with one attached hydrogen (secondary N) is 1. The van der Waals surface area contributed by atoms with Crippen molar-refractivity contribution in [1.82, 2.24) is 13.9 Å². The molecule has 32 heavy (non-hydrogen) atoms. The molecule has 170 valence electrons. The van der Waals surface area contributed by atoms with Gasteiger partial charge in [0.2, 0.25) is 10.0 Å². The molecule has 0 atom stereocenters. The molecule has 0 unspecified atom stereocenters. The predicted molar refractivity (Wildman–Crippen MR) is 132 cm³/mol. The highest BCUT2D eigenvalue weighted by Crippen LogP contribution is 2.38. The van der Waals surface area contributed by atoms with E-state index in [4.69, 9.17) is 0 Å². The Kier molecular flexibility index (Phi) is 6.45. The van der Waals surface area contributed by atoms with Crippen molar-refractivity contribution in [3.8, 4) is 0 Å². The van der Waals surface area contributed by atoms with Crippen LogP contribution >= 0.6 is 11.8 Å². The van der Waals surface area contributed by atoms with Crippen LogP contribution in [0.5, 0.6) is 0 Å². The molecular formula is C22H28N6O2S2. The molecule has 2 aliphatic rings. The Labute approximate surface area is 193 Å². The molecular weight excluding hydrogens is 444 g/mol. The number of imidazole rings is 1. The van der Waals surface area contributed by atoms with Crippen LogP contribution in [0.3, 0.4) is 0 Å². The largest absolute Gasteiger partial charge is 0.387 e. The SMILES string of the molecule is C=C(/C=C1\N=CN(C)c2ncn(C)c21)Sc1cc(S(=O)(=O)N2CCCCC2)ccc1NC. The number of aliphatic imine (C=N–C) groups is 1. The van der Waals surface area contributed by atoms with Crippen LogP contribution in [-0.2, 0) is 17.1 Å². The van der Waals surface area contributed by atoms with E-state index in [0.717, 1.165) is 52.0 Å². The lowest BCUT2D eigenvalue weighted by Crippen LogP contribution is -2.35. The van der Waals surface area contributed by atoms with E-state index >= 15 is 0 Å². The molecule has 3 heterocycles. The summed E-state index contributed by atoms with van der Waals surface area (Å²) in [4.78, 5) is 12.7. The molecule has 10 heteroatoms. The average molecular weight is 473 g/mol. The van der Waals surface area contributed by atoms with Gasteiger partial charge in [-0.05, 0) is 37.1 Å². The van der Waals surface area contributed by atoms with E-state index in [1.165, 1.54) is 11.8 Å². The van der Waals surface area contributed by atoms with Crippen LogP contribution in [0.4, 0.5) is 11.5 Å². The molecule has 1 fully saturated rings. The number of sulfonamides is 1. The van der Waals surface area contributed by atoms with Crippen molar-refractivity contribution in [2.75, 3.05) is 37.4 Å². The lowest BCUT2D eigenvalue weighted by molar-refractivity contribution is 0.346. The minimum absolute atomic E-state index is 0.313. The third-order valence-electron chi connectivity index (χ3n) is 5.58. The van der Waals surface area contributed by atoms with E-state index in [1.807, 2.05) is 42.8 Å². The van der Waals surface area contributed by atoms with Gasteiger partial charge in [-0.15, -0.1) is 0 Å². The third-order valence-corrected chi connectivity index (χ3v) is 8.41. The smallest absolute Gasteiger partial charge is 0.243 e. The average Bonchev–Trinajstić information content (AvgIpc) is 3.19. The number of benzene rings is 1. The summed E-state index contributed by atoms with van der Waals surface area (Å²) in [5.41, 5.74) is 2.52. The maximum Gasteiger partial charge on any atom is 0.243 e. The third kappa shape index (κ3) is 4.35. The summed E-state index contributed by atoms with van der Waals surface area (Å²) in [6.45, 7) is 5.35. The van der Waals surface area contributed by atoms with Crippen LogP contribution in [0.1, 0.15) is 25.0 Å². The van der Waals surface area contributed by atoms with Gasteiger partial charge in [-0.1, -0.05) is 24.8 Å². The lowest BCUT2D eigenvalue weighted by atomic mass is 10.2. The van der Waals surface area contributed by atoms with Crippen molar-refractivity contribution in [2.45, 2.75) is 29.1 Å². The van der Waals surface area contributed by atoms with Crippen LogP contribution in [0.15, 0.2) is 56.9 Å². The van der Waals surface area contributed by atoms with E-state index < -0.39 is 10.0 Å². The fourth-order valence-corrected chi connectivity index (χ4v) is 6.41. The van der Waals surface area contributed by atoms with Crippen molar-refractivity contribution in [3.63, 3.8) is 0 Å². The van der Waals surface area contributed by atoms with Crippen LogP contribution in [0.2, 0.25) is 0 Å². The fraction of sp³-hybridized carbons (Fsp3) is 0.364. The number of allylic oxidation sites excluding steroid dienone is 1. The predicted octanol–water partition coefficient (Wildman–Crippen LogP) is 3.76. The summed E-state index contributed by atoms with van der Waals surface area (Å²) >= 11 is 1.42. The highest BCUT2D eigenvalue weighted by atomic mass is 32.2. The second kappa shape index (κ2) is 9.13. The number of hydrogen-bond acceptors (Lipinski definition) is 7. The maximum absolute atomic E-state index is 13.1. The monoisotopic (exact) mass is 472 g/mol. The zero-order valence-corrected chi connectivity index (χ0v) is 20.2. The number of piperidine rings is 1. The molecule has 0 amide bonds.